The predicted molar refractivity (Wildman–Crippen MR) is 125 cm³/mol. The maximum atomic E-state index is 13.3. The number of benzene rings is 2. The van der Waals surface area contributed by atoms with E-state index in [4.69, 9.17) is 32.7 Å². The molecule has 0 aliphatic carbocycles. The van der Waals surface area contributed by atoms with E-state index >= 15 is 0 Å². The third-order valence-electron chi connectivity index (χ3n) is 4.20. The number of ether oxygens (including phenoxy) is 2. The van der Waals surface area contributed by atoms with Gasteiger partial charge in [0.05, 0.1) is 11.3 Å². The van der Waals surface area contributed by atoms with E-state index in [-0.39, 0.29) is 17.0 Å². The molecule has 1 aliphatic heterocycles. The molecule has 0 saturated carbocycles. The molecule has 2 aromatic rings. The molecular formula is C22H21Cl2NO6S. The highest BCUT2D eigenvalue weighted by atomic mass is 35.5. The summed E-state index contributed by atoms with van der Waals surface area (Å²) in [5.74, 6) is -0.952. The predicted octanol–water partition coefficient (Wildman–Crippen LogP) is 5.20. The van der Waals surface area contributed by atoms with Gasteiger partial charge in [0.15, 0.2) is 15.8 Å². The van der Waals surface area contributed by atoms with Crippen LogP contribution in [0.2, 0.25) is 10.0 Å². The van der Waals surface area contributed by atoms with E-state index in [9.17, 15) is 18.0 Å². The molecule has 2 aromatic carbocycles. The molecule has 0 aromatic heterocycles. The van der Waals surface area contributed by atoms with E-state index in [1.54, 1.807) is 39.0 Å². The topological polar surface area (TPSA) is 90.0 Å². The van der Waals surface area contributed by atoms with Crippen molar-refractivity contribution in [1.82, 2.24) is 0 Å². The van der Waals surface area contributed by atoms with Crippen molar-refractivity contribution in [2.24, 2.45) is 0 Å². The zero-order chi connectivity index (χ0) is 23.8. The van der Waals surface area contributed by atoms with Crippen LogP contribution in [0.3, 0.4) is 0 Å². The van der Waals surface area contributed by atoms with Gasteiger partial charge in [0.2, 0.25) is 0 Å². The van der Waals surface area contributed by atoms with Crippen molar-refractivity contribution in [3.63, 3.8) is 0 Å². The Hall–Kier alpha value is -2.55. The van der Waals surface area contributed by atoms with Gasteiger partial charge >= 0.3 is 6.09 Å². The molecule has 32 heavy (non-hydrogen) atoms. The molecule has 0 radical (unpaired) electrons. The molecule has 10 heteroatoms. The molecular weight excluding hydrogens is 477 g/mol. The zero-order valence-corrected chi connectivity index (χ0v) is 20.1. The second-order valence-electron chi connectivity index (χ2n) is 8.21. The summed E-state index contributed by atoms with van der Waals surface area (Å²) in [5, 5.41) is 0.695. The number of hydrogen-bond donors (Lipinski definition) is 0. The van der Waals surface area contributed by atoms with Gasteiger partial charge in [0.25, 0.3) is 5.91 Å². The van der Waals surface area contributed by atoms with Crippen molar-refractivity contribution in [1.29, 1.82) is 0 Å². The Morgan fingerprint density at radius 3 is 2.34 bits per heavy atom. The molecule has 0 saturated heterocycles. The van der Waals surface area contributed by atoms with Gasteiger partial charge in [0.1, 0.15) is 11.4 Å². The van der Waals surface area contributed by atoms with E-state index in [1.165, 1.54) is 24.3 Å². The number of carbonyl (C=O) groups is 2. The fraction of sp³-hybridized carbons (Fsp3) is 0.273. The van der Waals surface area contributed by atoms with Gasteiger partial charge in [-0.3, -0.25) is 4.79 Å². The summed E-state index contributed by atoms with van der Waals surface area (Å²) in [4.78, 5) is 27.0. The van der Waals surface area contributed by atoms with E-state index in [0.29, 0.717) is 21.2 Å². The van der Waals surface area contributed by atoms with E-state index < -0.39 is 33.4 Å². The van der Waals surface area contributed by atoms with Crippen LogP contribution < -0.4 is 9.64 Å². The fourth-order valence-electron chi connectivity index (χ4n) is 2.98. The lowest BCUT2D eigenvalue weighted by atomic mass is 10.0. The number of hydrogen-bond acceptors (Lipinski definition) is 6. The number of sulfone groups is 1. The number of rotatable bonds is 4. The Kier molecular flexibility index (Phi) is 6.60. The number of amides is 2. The van der Waals surface area contributed by atoms with Gasteiger partial charge in [-0.25, -0.2) is 18.1 Å². The summed E-state index contributed by atoms with van der Waals surface area (Å²) in [6, 6.07) is 9.29. The lowest BCUT2D eigenvalue weighted by molar-refractivity contribution is -0.112. The Morgan fingerprint density at radius 1 is 1.09 bits per heavy atom. The summed E-state index contributed by atoms with van der Waals surface area (Å²) in [6.07, 6.45) is 1.69. The van der Waals surface area contributed by atoms with Crippen LogP contribution in [0.4, 0.5) is 10.5 Å². The van der Waals surface area contributed by atoms with Crippen LogP contribution in [0.5, 0.6) is 5.75 Å². The number of anilines is 1. The lowest BCUT2D eigenvalue weighted by Crippen LogP contribution is -2.38. The Balaban J connectivity index is 2.10. The monoisotopic (exact) mass is 497 g/mol. The largest absolute Gasteiger partial charge is 0.477 e. The first kappa shape index (κ1) is 24.1. The fourth-order valence-corrected chi connectivity index (χ4v) is 3.67. The third kappa shape index (κ3) is 5.62. The van der Waals surface area contributed by atoms with Crippen LogP contribution in [0.1, 0.15) is 31.9 Å². The van der Waals surface area contributed by atoms with Gasteiger partial charge in [-0.1, -0.05) is 29.3 Å². The summed E-state index contributed by atoms with van der Waals surface area (Å²) in [6.45, 7) is 5.08. The summed E-state index contributed by atoms with van der Waals surface area (Å²) in [7, 11) is -3.40. The molecule has 1 heterocycles. The smallest absolute Gasteiger partial charge is 0.422 e. The molecule has 0 unspecified atom stereocenters. The average Bonchev–Trinajstić information content (AvgIpc) is 2.90. The van der Waals surface area contributed by atoms with Crippen molar-refractivity contribution in [2.75, 3.05) is 17.1 Å². The SMILES string of the molecule is CC(C)(C)OC(=O)N1C(=O)C(=Cc2cc(Cl)ccc2OCS(C)(=O)=O)c2ccc(Cl)cc21. The Bertz CT molecular complexity index is 1230. The average molecular weight is 498 g/mol. The van der Waals surface area contributed by atoms with Crippen molar-refractivity contribution in [3.05, 3.63) is 57.6 Å². The van der Waals surface area contributed by atoms with Crippen LogP contribution in [-0.2, 0) is 19.4 Å². The third-order valence-corrected chi connectivity index (χ3v) is 5.22. The first-order valence-electron chi connectivity index (χ1n) is 9.44. The molecule has 0 bridgehead atoms. The van der Waals surface area contributed by atoms with Crippen molar-refractivity contribution < 1.29 is 27.5 Å². The first-order valence-corrected chi connectivity index (χ1v) is 12.3. The molecule has 1 aliphatic rings. The minimum atomic E-state index is -3.40. The highest BCUT2D eigenvalue weighted by Crippen LogP contribution is 2.41. The second kappa shape index (κ2) is 8.77. The van der Waals surface area contributed by atoms with E-state index in [1.807, 2.05) is 0 Å². The zero-order valence-electron chi connectivity index (χ0n) is 17.8. The maximum Gasteiger partial charge on any atom is 0.422 e. The molecule has 0 spiro atoms. The van der Waals surface area contributed by atoms with Crippen LogP contribution in [0, 0.1) is 0 Å². The van der Waals surface area contributed by atoms with Gasteiger partial charge in [0, 0.05) is 27.4 Å². The molecule has 3 rings (SSSR count). The quantitative estimate of drug-likeness (QED) is 0.539. The molecule has 0 atom stereocenters. The minimum absolute atomic E-state index is 0.175. The maximum absolute atomic E-state index is 13.3. The Morgan fingerprint density at radius 2 is 1.72 bits per heavy atom. The summed E-state index contributed by atoms with van der Waals surface area (Å²) < 4.78 is 33.8. The highest BCUT2D eigenvalue weighted by molar-refractivity contribution is 7.90. The van der Waals surface area contributed by atoms with Crippen LogP contribution in [0.25, 0.3) is 11.6 Å². The van der Waals surface area contributed by atoms with Gasteiger partial charge in [-0.2, -0.15) is 0 Å². The van der Waals surface area contributed by atoms with E-state index in [0.717, 1.165) is 11.2 Å². The van der Waals surface area contributed by atoms with Gasteiger partial charge < -0.3 is 9.47 Å². The van der Waals surface area contributed by atoms with Crippen molar-refractivity contribution in [3.8, 4) is 5.75 Å². The lowest BCUT2D eigenvalue weighted by Gasteiger charge is -2.23. The normalized spacial score (nSPS) is 15.1. The molecule has 170 valence electrons. The van der Waals surface area contributed by atoms with E-state index in [2.05, 4.69) is 0 Å². The molecule has 2 amide bonds. The highest BCUT2D eigenvalue weighted by Gasteiger charge is 2.39. The molecule has 7 nitrogen and oxygen atoms in total. The standard InChI is InChI=1S/C22H21Cl2NO6S/c1-22(2,3)31-21(27)25-18-11-15(24)5-7-16(18)17(20(25)26)10-13-9-14(23)6-8-19(13)30-12-32(4,28)29/h5-11H,12H2,1-4H3. The second-order valence-corrected chi connectivity index (χ2v) is 11.2. The number of halogens is 2. The van der Waals surface area contributed by atoms with Crippen LogP contribution >= 0.6 is 23.2 Å². The Labute approximate surface area is 196 Å². The minimum Gasteiger partial charge on any atom is -0.477 e. The van der Waals surface area contributed by atoms with Gasteiger partial charge in [-0.15, -0.1) is 0 Å². The van der Waals surface area contributed by atoms with Crippen LogP contribution in [-0.4, -0.2) is 38.2 Å². The molecule has 0 N–H and O–H groups in total. The number of imide groups is 1. The summed E-state index contributed by atoms with van der Waals surface area (Å²) >= 11 is 12.2. The summed E-state index contributed by atoms with van der Waals surface area (Å²) in [5.41, 5.74) is 0.468. The number of fused-ring (bicyclic) bond motifs is 1. The number of carbonyl (C=O) groups excluding carboxylic acids is 2. The van der Waals surface area contributed by atoms with Crippen LogP contribution in [0.15, 0.2) is 36.4 Å². The number of nitrogens with zero attached hydrogens (tertiary/aromatic N) is 1. The molecule has 0 fully saturated rings. The van der Waals surface area contributed by atoms with Crippen molar-refractivity contribution in [2.45, 2.75) is 26.4 Å². The van der Waals surface area contributed by atoms with Crippen molar-refractivity contribution >= 4 is 62.4 Å². The van der Waals surface area contributed by atoms with Gasteiger partial charge in [-0.05, 0) is 57.2 Å². The first-order chi connectivity index (χ1) is 14.7.